The molecule has 0 amide bonds. The van der Waals surface area contributed by atoms with Crippen molar-refractivity contribution in [2.24, 2.45) is 5.92 Å². The minimum absolute atomic E-state index is 0.392. The molecule has 1 aliphatic carbocycles. The summed E-state index contributed by atoms with van der Waals surface area (Å²) in [6.07, 6.45) is 10.1. The Morgan fingerprint density at radius 1 is 1.06 bits per heavy atom. The fourth-order valence-corrected chi connectivity index (χ4v) is 3.15. The first-order chi connectivity index (χ1) is 7.77. The van der Waals surface area contributed by atoms with Gasteiger partial charge in [-0.05, 0) is 39.2 Å². The summed E-state index contributed by atoms with van der Waals surface area (Å²) in [5.74, 6) is 0.913. The summed E-state index contributed by atoms with van der Waals surface area (Å²) in [5, 5.41) is 0. The van der Waals surface area contributed by atoms with Crippen LogP contribution >= 0.6 is 0 Å². The molecule has 2 nitrogen and oxygen atoms in total. The van der Waals surface area contributed by atoms with Crippen LogP contribution in [0.25, 0.3) is 0 Å². The van der Waals surface area contributed by atoms with E-state index in [1.807, 2.05) is 0 Å². The van der Waals surface area contributed by atoms with E-state index in [-0.39, 0.29) is 0 Å². The van der Waals surface area contributed by atoms with Crippen molar-refractivity contribution in [3.05, 3.63) is 0 Å². The third kappa shape index (κ3) is 3.07. The number of ketones is 1. The number of carbonyl (C=O) groups is 1. The summed E-state index contributed by atoms with van der Waals surface area (Å²) in [4.78, 5) is 14.6. The Hall–Kier alpha value is -0.370. The molecular weight excluding hydrogens is 198 g/mol. The first-order valence-corrected chi connectivity index (χ1v) is 7.04. The van der Waals surface area contributed by atoms with Gasteiger partial charge in [-0.1, -0.05) is 25.7 Å². The van der Waals surface area contributed by atoms with Crippen LogP contribution in [-0.2, 0) is 4.79 Å². The van der Waals surface area contributed by atoms with Gasteiger partial charge in [-0.25, -0.2) is 0 Å². The lowest BCUT2D eigenvalue weighted by Gasteiger charge is -2.34. The van der Waals surface area contributed by atoms with E-state index < -0.39 is 0 Å². The molecular formula is C14H25NO. The van der Waals surface area contributed by atoms with Crippen LogP contribution in [-0.4, -0.2) is 29.8 Å². The van der Waals surface area contributed by atoms with Crippen LogP contribution in [0.2, 0.25) is 0 Å². The Morgan fingerprint density at radius 2 is 1.75 bits per heavy atom. The monoisotopic (exact) mass is 223 g/mol. The molecule has 0 bridgehead atoms. The molecule has 1 saturated heterocycles. The van der Waals surface area contributed by atoms with Crippen molar-refractivity contribution in [2.75, 3.05) is 13.1 Å². The molecule has 1 atom stereocenters. The van der Waals surface area contributed by atoms with Gasteiger partial charge in [0, 0.05) is 12.0 Å². The van der Waals surface area contributed by atoms with E-state index in [2.05, 4.69) is 11.8 Å². The third-order valence-corrected chi connectivity index (χ3v) is 4.36. The molecule has 92 valence electrons. The predicted molar refractivity (Wildman–Crippen MR) is 66.5 cm³/mol. The maximum absolute atomic E-state index is 12.2. The average Bonchev–Trinajstić information content (AvgIpc) is 2.33. The molecule has 16 heavy (non-hydrogen) atoms. The van der Waals surface area contributed by atoms with Gasteiger partial charge in [0.05, 0.1) is 6.54 Å². The number of piperidine rings is 1. The number of likely N-dealkylation sites (tertiary alicyclic amines) is 1. The molecule has 1 saturated carbocycles. The fraction of sp³-hybridized carbons (Fsp3) is 0.929. The van der Waals surface area contributed by atoms with Gasteiger partial charge in [0.1, 0.15) is 5.78 Å². The van der Waals surface area contributed by atoms with Gasteiger partial charge in [0.25, 0.3) is 0 Å². The number of hydrogen-bond acceptors (Lipinski definition) is 2. The lowest BCUT2D eigenvalue weighted by atomic mass is 9.86. The van der Waals surface area contributed by atoms with Crippen LogP contribution in [0.4, 0.5) is 0 Å². The molecule has 0 aromatic carbocycles. The molecule has 0 aromatic heterocycles. The molecule has 0 spiro atoms. The largest absolute Gasteiger partial charge is 0.298 e. The van der Waals surface area contributed by atoms with E-state index in [4.69, 9.17) is 0 Å². The Balaban J connectivity index is 1.80. The van der Waals surface area contributed by atoms with Gasteiger partial charge in [0.15, 0.2) is 0 Å². The number of rotatable bonds is 3. The first kappa shape index (κ1) is 12.1. The topological polar surface area (TPSA) is 20.3 Å². The van der Waals surface area contributed by atoms with Crippen LogP contribution in [0.3, 0.4) is 0 Å². The average molecular weight is 223 g/mol. The second-order valence-corrected chi connectivity index (χ2v) is 5.62. The van der Waals surface area contributed by atoms with Gasteiger partial charge in [-0.2, -0.15) is 0 Å². The summed E-state index contributed by atoms with van der Waals surface area (Å²) in [6, 6.07) is 0.626. The Labute approximate surface area is 99.4 Å². The zero-order chi connectivity index (χ0) is 11.4. The van der Waals surface area contributed by atoms with Crippen LogP contribution in [0.5, 0.6) is 0 Å². The second kappa shape index (κ2) is 5.81. The normalized spacial score (nSPS) is 29.2. The van der Waals surface area contributed by atoms with Crippen molar-refractivity contribution < 1.29 is 4.79 Å². The molecule has 1 unspecified atom stereocenters. The molecule has 2 rings (SSSR count). The highest BCUT2D eigenvalue weighted by molar-refractivity contribution is 5.83. The molecule has 0 N–H and O–H groups in total. The number of carbonyl (C=O) groups excluding carboxylic acids is 1. The number of Topliss-reactive ketones (excluding diaryl/α,β-unsaturated/α-hetero) is 1. The van der Waals surface area contributed by atoms with Gasteiger partial charge in [-0.15, -0.1) is 0 Å². The van der Waals surface area contributed by atoms with E-state index >= 15 is 0 Å². The molecule has 1 heterocycles. The zero-order valence-corrected chi connectivity index (χ0v) is 10.6. The Kier molecular flexibility index (Phi) is 4.39. The first-order valence-electron chi connectivity index (χ1n) is 7.04. The number of hydrogen-bond donors (Lipinski definition) is 0. The smallest absolute Gasteiger partial charge is 0.149 e. The molecule has 2 fully saturated rings. The predicted octanol–water partition coefficient (Wildman–Crippen LogP) is 3.01. The lowest BCUT2D eigenvalue weighted by molar-refractivity contribution is -0.125. The lowest BCUT2D eigenvalue weighted by Crippen LogP contribution is -2.42. The van der Waals surface area contributed by atoms with Crippen LogP contribution < -0.4 is 0 Å². The highest BCUT2D eigenvalue weighted by atomic mass is 16.1. The van der Waals surface area contributed by atoms with E-state index in [9.17, 15) is 4.79 Å². The van der Waals surface area contributed by atoms with Crippen molar-refractivity contribution in [3.63, 3.8) is 0 Å². The molecule has 0 radical (unpaired) electrons. The molecule has 0 aromatic rings. The van der Waals surface area contributed by atoms with Crippen molar-refractivity contribution in [1.82, 2.24) is 4.90 Å². The van der Waals surface area contributed by atoms with Crippen molar-refractivity contribution >= 4 is 5.78 Å². The summed E-state index contributed by atoms with van der Waals surface area (Å²) >= 11 is 0. The second-order valence-electron chi connectivity index (χ2n) is 5.62. The molecule has 2 aliphatic rings. The van der Waals surface area contributed by atoms with Crippen molar-refractivity contribution in [1.29, 1.82) is 0 Å². The fourth-order valence-electron chi connectivity index (χ4n) is 3.15. The van der Waals surface area contributed by atoms with Gasteiger partial charge in [0.2, 0.25) is 0 Å². The maximum Gasteiger partial charge on any atom is 0.149 e. The minimum Gasteiger partial charge on any atom is -0.298 e. The highest BCUT2D eigenvalue weighted by Gasteiger charge is 2.25. The van der Waals surface area contributed by atoms with Gasteiger partial charge in [-0.3, -0.25) is 9.69 Å². The highest BCUT2D eigenvalue weighted by Crippen LogP contribution is 2.25. The van der Waals surface area contributed by atoms with E-state index in [0.29, 0.717) is 17.7 Å². The summed E-state index contributed by atoms with van der Waals surface area (Å²) < 4.78 is 0. The summed E-state index contributed by atoms with van der Waals surface area (Å²) in [6.45, 7) is 4.14. The summed E-state index contributed by atoms with van der Waals surface area (Å²) in [7, 11) is 0. The standard InChI is InChI=1S/C14H25NO/c1-12-7-5-6-10-15(12)11-14(16)13-8-3-2-4-9-13/h12-13H,2-11H2,1H3. The SMILES string of the molecule is CC1CCCCN1CC(=O)C1CCCCC1. The van der Waals surface area contributed by atoms with Gasteiger partial charge >= 0.3 is 0 Å². The van der Waals surface area contributed by atoms with Crippen LogP contribution in [0.15, 0.2) is 0 Å². The minimum atomic E-state index is 0.392. The van der Waals surface area contributed by atoms with Gasteiger partial charge < -0.3 is 0 Å². The van der Waals surface area contributed by atoms with E-state index in [1.165, 1.54) is 38.5 Å². The summed E-state index contributed by atoms with van der Waals surface area (Å²) in [5.41, 5.74) is 0. The third-order valence-electron chi connectivity index (χ3n) is 4.36. The van der Waals surface area contributed by atoms with Crippen molar-refractivity contribution in [3.8, 4) is 0 Å². The van der Waals surface area contributed by atoms with E-state index in [0.717, 1.165) is 25.9 Å². The maximum atomic E-state index is 12.2. The van der Waals surface area contributed by atoms with E-state index in [1.54, 1.807) is 0 Å². The van der Waals surface area contributed by atoms with Crippen LogP contribution in [0, 0.1) is 5.92 Å². The number of nitrogens with zero attached hydrogens (tertiary/aromatic N) is 1. The molecule has 2 heteroatoms. The quantitative estimate of drug-likeness (QED) is 0.733. The molecule has 1 aliphatic heterocycles. The Bertz CT molecular complexity index is 233. The van der Waals surface area contributed by atoms with Crippen molar-refractivity contribution in [2.45, 2.75) is 64.3 Å². The van der Waals surface area contributed by atoms with Crippen LogP contribution in [0.1, 0.15) is 58.3 Å². The Morgan fingerprint density at radius 3 is 2.44 bits per heavy atom. The zero-order valence-electron chi connectivity index (χ0n) is 10.6.